The molecule has 5 rings (SSSR count). The zero-order valence-corrected chi connectivity index (χ0v) is 21.5. The molecule has 36 heavy (non-hydrogen) atoms. The molecule has 0 saturated heterocycles. The fourth-order valence-corrected chi connectivity index (χ4v) is 5.74. The van der Waals surface area contributed by atoms with Gasteiger partial charge >= 0.3 is 0 Å². The number of H-pyrrole nitrogens is 1. The lowest BCUT2D eigenvalue weighted by Gasteiger charge is -2.37. The molecule has 0 spiro atoms. The quantitative estimate of drug-likeness (QED) is 0.435. The highest BCUT2D eigenvalue weighted by Gasteiger charge is 2.30. The lowest BCUT2D eigenvalue weighted by molar-refractivity contribution is 0.0555. The first-order valence-electron chi connectivity index (χ1n) is 13.1. The van der Waals surface area contributed by atoms with Gasteiger partial charge in [0.1, 0.15) is 5.75 Å². The molecule has 6 heteroatoms. The summed E-state index contributed by atoms with van der Waals surface area (Å²) in [6.45, 7) is 4.87. The highest BCUT2D eigenvalue weighted by Crippen LogP contribution is 2.36. The standard InChI is InChI=1S/C30H36N4O2/c1-21(2)34(25-12-8-5-9-13-25)30(35)23-14-15-24(27(18-23)36-3)19-33-17-16-26-28(32-20-31-26)29(33)22-10-6-4-7-11-22/h4,6-7,10-11,14-18,20-21,25,29H,5,8-9,12-13,19H2,1-3H3,(H,31,32). The molecule has 2 heterocycles. The van der Waals surface area contributed by atoms with Crippen LogP contribution in [0.4, 0.5) is 0 Å². The van der Waals surface area contributed by atoms with Crippen molar-refractivity contribution in [2.24, 2.45) is 0 Å². The maximum absolute atomic E-state index is 13.6. The molecule has 188 valence electrons. The molecule has 1 unspecified atom stereocenters. The van der Waals surface area contributed by atoms with E-state index in [0.29, 0.717) is 18.2 Å². The smallest absolute Gasteiger partial charge is 0.254 e. The Morgan fingerprint density at radius 3 is 2.64 bits per heavy atom. The maximum atomic E-state index is 13.6. The van der Waals surface area contributed by atoms with Gasteiger partial charge in [-0.15, -0.1) is 0 Å². The Kier molecular flexibility index (Phi) is 7.12. The zero-order valence-electron chi connectivity index (χ0n) is 21.5. The second-order valence-electron chi connectivity index (χ2n) is 10.1. The Hall–Kier alpha value is -3.54. The van der Waals surface area contributed by atoms with Crippen LogP contribution in [-0.4, -0.2) is 44.9 Å². The van der Waals surface area contributed by atoms with E-state index in [0.717, 1.165) is 35.5 Å². The molecule has 1 fully saturated rings. The summed E-state index contributed by atoms with van der Waals surface area (Å²) < 4.78 is 5.82. The van der Waals surface area contributed by atoms with Crippen molar-refractivity contribution in [3.05, 3.63) is 89.1 Å². The Morgan fingerprint density at radius 1 is 1.14 bits per heavy atom. The van der Waals surface area contributed by atoms with E-state index in [1.54, 1.807) is 13.4 Å². The van der Waals surface area contributed by atoms with Crippen LogP contribution in [0.25, 0.3) is 6.08 Å². The van der Waals surface area contributed by atoms with Gasteiger partial charge in [0, 0.05) is 36.0 Å². The van der Waals surface area contributed by atoms with Gasteiger partial charge in [0.25, 0.3) is 5.91 Å². The second-order valence-corrected chi connectivity index (χ2v) is 10.1. The Morgan fingerprint density at radius 2 is 1.92 bits per heavy atom. The van der Waals surface area contributed by atoms with E-state index in [2.05, 4.69) is 70.2 Å². The number of aromatic amines is 1. The predicted octanol–water partition coefficient (Wildman–Crippen LogP) is 6.18. The maximum Gasteiger partial charge on any atom is 0.254 e. The SMILES string of the molecule is COc1cc(C(=O)N(C(C)C)C2CCCCC2)ccc1CN1C=Cc2[nH]cnc2C1c1ccccc1. The summed E-state index contributed by atoms with van der Waals surface area (Å²) in [6.07, 6.45) is 11.8. The number of amides is 1. The third-order valence-corrected chi connectivity index (χ3v) is 7.48. The number of hydrogen-bond donors (Lipinski definition) is 1. The summed E-state index contributed by atoms with van der Waals surface area (Å²) in [4.78, 5) is 25.9. The molecule has 0 radical (unpaired) electrons. The van der Waals surface area contributed by atoms with Crippen molar-refractivity contribution in [1.29, 1.82) is 0 Å². The number of nitrogens with one attached hydrogen (secondary N) is 1. The van der Waals surface area contributed by atoms with E-state index in [-0.39, 0.29) is 18.0 Å². The van der Waals surface area contributed by atoms with Gasteiger partial charge < -0.3 is 19.5 Å². The number of aromatic nitrogens is 2. The summed E-state index contributed by atoms with van der Waals surface area (Å²) in [5.41, 5.74) is 4.95. The van der Waals surface area contributed by atoms with E-state index in [1.807, 2.05) is 24.3 Å². The normalized spacial score (nSPS) is 17.8. The minimum atomic E-state index is -0.00815. The molecular formula is C30H36N4O2. The number of carbonyl (C=O) groups is 1. The fourth-order valence-electron chi connectivity index (χ4n) is 5.74. The number of carbonyl (C=O) groups excluding carboxylic acids is 1. The Bertz CT molecular complexity index is 1210. The number of nitrogens with zero attached hydrogens (tertiary/aromatic N) is 3. The first-order valence-corrected chi connectivity index (χ1v) is 13.1. The molecule has 1 aliphatic heterocycles. The van der Waals surface area contributed by atoms with Crippen LogP contribution in [0.15, 0.2) is 61.1 Å². The van der Waals surface area contributed by atoms with Gasteiger partial charge in [-0.2, -0.15) is 0 Å². The number of imidazole rings is 1. The number of benzene rings is 2. The summed E-state index contributed by atoms with van der Waals surface area (Å²) in [6, 6.07) is 16.8. The summed E-state index contributed by atoms with van der Waals surface area (Å²) >= 11 is 0. The number of ether oxygens (including phenoxy) is 1. The van der Waals surface area contributed by atoms with E-state index < -0.39 is 0 Å². The van der Waals surface area contributed by atoms with Crippen molar-refractivity contribution >= 4 is 12.0 Å². The second kappa shape index (κ2) is 10.6. The molecule has 1 N–H and O–H groups in total. The van der Waals surface area contributed by atoms with E-state index in [1.165, 1.54) is 24.8 Å². The predicted molar refractivity (Wildman–Crippen MR) is 143 cm³/mol. The van der Waals surface area contributed by atoms with Crippen LogP contribution in [0.3, 0.4) is 0 Å². The van der Waals surface area contributed by atoms with Crippen molar-refractivity contribution in [3.63, 3.8) is 0 Å². The van der Waals surface area contributed by atoms with Crippen LogP contribution in [0.1, 0.15) is 84.9 Å². The summed E-state index contributed by atoms with van der Waals surface area (Å²) in [5, 5.41) is 0. The molecular weight excluding hydrogens is 448 g/mol. The highest BCUT2D eigenvalue weighted by molar-refractivity contribution is 5.95. The minimum absolute atomic E-state index is 0.00815. The monoisotopic (exact) mass is 484 g/mol. The van der Waals surface area contributed by atoms with Crippen LogP contribution in [0, 0.1) is 0 Å². The molecule has 1 aromatic heterocycles. The summed E-state index contributed by atoms with van der Waals surface area (Å²) in [5.74, 6) is 0.837. The van der Waals surface area contributed by atoms with E-state index in [4.69, 9.17) is 4.74 Å². The minimum Gasteiger partial charge on any atom is -0.496 e. The molecule has 1 amide bonds. The van der Waals surface area contributed by atoms with Crippen molar-refractivity contribution in [2.75, 3.05) is 7.11 Å². The largest absolute Gasteiger partial charge is 0.496 e. The van der Waals surface area contributed by atoms with Crippen molar-refractivity contribution < 1.29 is 9.53 Å². The lowest BCUT2D eigenvalue weighted by Crippen LogP contribution is -2.45. The average molecular weight is 485 g/mol. The molecule has 0 bridgehead atoms. The Balaban J connectivity index is 1.42. The Labute approximate surface area is 214 Å². The van der Waals surface area contributed by atoms with E-state index >= 15 is 0 Å². The van der Waals surface area contributed by atoms with Crippen LogP contribution in [0.5, 0.6) is 5.75 Å². The fraction of sp³-hybridized carbons (Fsp3) is 0.400. The molecule has 1 aliphatic carbocycles. The van der Waals surface area contributed by atoms with Crippen LogP contribution in [-0.2, 0) is 6.54 Å². The van der Waals surface area contributed by atoms with Gasteiger partial charge in [0.2, 0.25) is 0 Å². The number of rotatable bonds is 7. The lowest BCUT2D eigenvalue weighted by atomic mass is 9.92. The van der Waals surface area contributed by atoms with Gasteiger partial charge in [-0.1, -0.05) is 55.7 Å². The topological polar surface area (TPSA) is 61.5 Å². The van der Waals surface area contributed by atoms with E-state index in [9.17, 15) is 4.79 Å². The van der Waals surface area contributed by atoms with Gasteiger partial charge in [0.05, 0.1) is 30.9 Å². The first kappa shape index (κ1) is 24.2. The molecule has 2 aliphatic rings. The molecule has 2 aromatic carbocycles. The van der Waals surface area contributed by atoms with Crippen LogP contribution in [0.2, 0.25) is 0 Å². The molecule has 6 nitrogen and oxygen atoms in total. The summed E-state index contributed by atoms with van der Waals surface area (Å²) in [7, 11) is 1.68. The third kappa shape index (κ3) is 4.77. The average Bonchev–Trinajstić information content (AvgIpc) is 3.38. The van der Waals surface area contributed by atoms with Gasteiger partial charge in [-0.3, -0.25) is 4.79 Å². The van der Waals surface area contributed by atoms with Crippen molar-refractivity contribution in [1.82, 2.24) is 19.8 Å². The van der Waals surface area contributed by atoms with Gasteiger partial charge in [-0.05, 0) is 50.5 Å². The number of fused-ring (bicyclic) bond motifs is 1. The van der Waals surface area contributed by atoms with Crippen LogP contribution < -0.4 is 4.74 Å². The zero-order chi connectivity index (χ0) is 25.1. The number of hydrogen-bond acceptors (Lipinski definition) is 4. The van der Waals surface area contributed by atoms with Crippen LogP contribution >= 0.6 is 0 Å². The van der Waals surface area contributed by atoms with Gasteiger partial charge in [-0.25, -0.2) is 4.98 Å². The highest BCUT2D eigenvalue weighted by atomic mass is 16.5. The first-order chi connectivity index (χ1) is 17.6. The van der Waals surface area contributed by atoms with Crippen molar-refractivity contribution in [2.45, 2.75) is 70.6 Å². The number of methoxy groups -OCH3 is 1. The molecule has 1 atom stereocenters. The van der Waals surface area contributed by atoms with Crippen molar-refractivity contribution in [3.8, 4) is 5.75 Å². The third-order valence-electron chi connectivity index (χ3n) is 7.48. The molecule has 3 aromatic rings. The molecule has 1 saturated carbocycles. The van der Waals surface area contributed by atoms with Gasteiger partial charge in [0.15, 0.2) is 0 Å².